The van der Waals surface area contributed by atoms with E-state index in [9.17, 15) is 14.0 Å². The SMILES string of the molecule is Cc1ccc(NC(=O)NCC2CC(=O)N(c3ccc(F)cc3)C2)cc1. The Morgan fingerprint density at radius 3 is 2.52 bits per heavy atom. The molecule has 2 N–H and O–H groups in total. The van der Waals surface area contributed by atoms with Crippen LogP contribution in [-0.2, 0) is 4.79 Å². The Morgan fingerprint density at radius 2 is 1.84 bits per heavy atom. The number of carbonyl (C=O) groups is 2. The molecule has 1 heterocycles. The molecule has 1 aliphatic heterocycles. The Balaban J connectivity index is 1.50. The number of amides is 3. The van der Waals surface area contributed by atoms with Gasteiger partial charge in [-0.05, 0) is 43.3 Å². The maximum Gasteiger partial charge on any atom is 0.319 e. The van der Waals surface area contributed by atoms with Crippen LogP contribution in [0, 0.1) is 18.7 Å². The molecule has 3 rings (SSSR count). The van der Waals surface area contributed by atoms with Gasteiger partial charge in [0, 0.05) is 36.8 Å². The highest BCUT2D eigenvalue weighted by Crippen LogP contribution is 2.24. The summed E-state index contributed by atoms with van der Waals surface area (Å²) in [6, 6.07) is 13.1. The van der Waals surface area contributed by atoms with E-state index in [0.717, 1.165) is 11.3 Å². The highest BCUT2D eigenvalue weighted by atomic mass is 19.1. The zero-order valence-corrected chi connectivity index (χ0v) is 14.0. The number of nitrogens with one attached hydrogen (secondary N) is 2. The highest BCUT2D eigenvalue weighted by Gasteiger charge is 2.30. The molecule has 1 fully saturated rings. The average molecular weight is 341 g/mol. The van der Waals surface area contributed by atoms with Crippen molar-refractivity contribution in [2.75, 3.05) is 23.3 Å². The first-order chi connectivity index (χ1) is 12.0. The third-order valence-corrected chi connectivity index (χ3v) is 4.20. The van der Waals surface area contributed by atoms with Gasteiger partial charge in [0.2, 0.25) is 5.91 Å². The molecule has 2 aromatic carbocycles. The fourth-order valence-electron chi connectivity index (χ4n) is 2.84. The number of carbonyl (C=O) groups excluding carboxylic acids is 2. The van der Waals surface area contributed by atoms with Gasteiger partial charge in [-0.1, -0.05) is 17.7 Å². The highest BCUT2D eigenvalue weighted by molar-refractivity contribution is 5.96. The number of nitrogens with zero attached hydrogens (tertiary/aromatic N) is 1. The van der Waals surface area contributed by atoms with Gasteiger partial charge in [-0.3, -0.25) is 4.79 Å². The van der Waals surface area contributed by atoms with Crippen molar-refractivity contribution in [2.45, 2.75) is 13.3 Å². The van der Waals surface area contributed by atoms with Crippen molar-refractivity contribution in [2.24, 2.45) is 5.92 Å². The van der Waals surface area contributed by atoms with Crippen molar-refractivity contribution in [1.29, 1.82) is 0 Å². The van der Waals surface area contributed by atoms with Crippen LogP contribution in [0.25, 0.3) is 0 Å². The predicted octanol–water partition coefficient (Wildman–Crippen LogP) is 3.31. The van der Waals surface area contributed by atoms with Gasteiger partial charge in [-0.25, -0.2) is 9.18 Å². The van der Waals surface area contributed by atoms with E-state index in [-0.39, 0.29) is 23.7 Å². The third-order valence-electron chi connectivity index (χ3n) is 4.20. The Morgan fingerprint density at radius 1 is 1.16 bits per heavy atom. The van der Waals surface area contributed by atoms with Crippen LogP contribution in [0.3, 0.4) is 0 Å². The Labute approximate surface area is 145 Å². The van der Waals surface area contributed by atoms with Gasteiger partial charge in [0.1, 0.15) is 5.82 Å². The van der Waals surface area contributed by atoms with Gasteiger partial charge in [0.25, 0.3) is 0 Å². The molecule has 0 aromatic heterocycles. The number of aryl methyl sites for hydroxylation is 1. The summed E-state index contributed by atoms with van der Waals surface area (Å²) in [6.45, 7) is 2.89. The second kappa shape index (κ2) is 7.34. The number of benzene rings is 2. The zero-order chi connectivity index (χ0) is 17.8. The summed E-state index contributed by atoms with van der Waals surface area (Å²) in [4.78, 5) is 25.7. The lowest BCUT2D eigenvalue weighted by Crippen LogP contribution is -2.34. The molecule has 0 bridgehead atoms. The van der Waals surface area contributed by atoms with Crippen LogP contribution in [0.4, 0.5) is 20.6 Å². The number of urea groups is 1. The summed E-state index contributed by atoms with van der Waals surface area (Å²) in [5.41, 5.74) is 2.52. The molecular formula is C19H20FN3O2. The van der Waals surface area contributed by atoms with Crippen LogP contribution >= 0.6 is 0 Å². The second-order valence-corrected chi connectivity index (χ2v) is 6.25. The summed E-state index contributed by atoms with van der Waals surface area (Å²) in [5, 5.41) is 5.56. The van der Waals surface area contributed by atoms with Crippen molar-refractivity contribution in [3.8, 4) is 0 Å². The normalized spacial score (nSPS) is 16.8. The lowest BCUT2D eigenvalue weighted by molar-refractivity contribution is -0.117. The first-order valence-corrected chi connectivity index (χ1v) is 8.19. The average Bonchev–Trinajstić information content (AvgIpc) is 2.97. The molecule has 1 unspecified atom stereocenters. The molecule has 1 aliphatic rings. The van der Waals surface area contributed by atoms with E-state index in [0.29, 0.717) is 25.2 Å². The third kappa shape index (κ3) is 4.35. The standard InChI is InChI=1S/C19H20FN3O2/c1-13-2-6-16(7-3-13)22-19(25)21-11-14-10-18(24)23(12-14)17-8-4-15(20)5-9-17/h2-9,14H,10-12H2,1H3,(H2,21,22,25). The first kappa shape index (κ1) is 17.0. The van der Waals surface area contributed by atoms with Crippen LogP contribution in [0.1, 0.15) is 12.0 Å². The molecule has 1 saturated heterocycles. The summed E-state index contributed by atoms with van der Waals surface area (Å²) >= 11 is 0. The molecule has 6 heteroatoms. The molecule has 1 atom stereocenters. The maximum atomic E-state index is 13.0. The van der Waals surface area contributed by atoms with E-state index in [1.165, 1.54) is 12.1 Å². The fourth-order valence-corrected chi connectivity index (χ4v) is 2.84. The summed E-state index contributed by atoms with van der Waals surface area (Å²) in [7, 11) is 0. The number of hydrogen-bond donors (Lipinski definition) is 2. The molecule has 2 aromatic rings. The molecule has 3 amide bonds. The van der Waals surface area contributed by atoms with Crippen LogP contribution in [-0.4, -0.2) is 25.0 Å². The topological polar surface area (TPSA) is 61.4 Å². The van der Waals surface area contributed by atoms with Gasteiger partial charge in [0.05, 0.1) is 0 Å². The first-order valence-electron chi connectivity index (χ1n) is 8.19. The molecule has 0 spiro atoms. The smallest absolute Gasteiger partial charge is 0.319 e. The largest absolute Gasteiger partial charge is 0.338 e. The van der Waals surface area contributed by atoms with Crippen LogP contribution in [0.2, 0.25) is 0 Å². The van der Waals surface area contributed by atoms with Gasteiger partial charge in [-0.2, -0.15) is 0 Å². The minimum absolute atomic E-state index is 0.0163. The molecule has 130 valence electrons. The van der Waals surface area contributed by atoms with Crippen molar-refractivity contribution >= 4 is 23.3 Å². The Bertz CT molecular complexity index is 759. The van der Waals surface area contributed by atoms with Crippen molar-refractivity contribution < 1.29 is 14.0 Å². The number of hydrogen-bond acceptors (Lipinski definition) is 2. The summed E-state index contributed by atoms with van der Waals surface area (Å²) in [5.74, 6) is -0.319. The minimum atomic E-state index is -0.332. The lowest BCUT2D eigenvalue weighted by Gasteiger charge is -2.17. The van der Waals surface area contributed by atoms with Crippen LogP contribution < -0.4 is 15.5 Å². The fraction of sp³-hybridized carbons (Fsp3) is 0.263. The number of anilines is 2. The van der Waals surface area contributed by atoms with E-state index in [1.807, 2.05) is 31.2 Å². The van der Waals surface area contributed by atoms with Gasteiger partial charge < -0.3 is 15.5 Å². The minimum Gasteiger partial charge on any atom is -0.338 e. The number of halogens is 1. The van der Waals surface area contributed by atoms with Gasteiger partial charge >= 0.3 is 6.03 Å². The number of rotatable bonds is 4. The van der Waals surface area contributed by atoms with Crippen LogP contribution in [0.5, 0.6) is 0 Å². The Hall–Kier alpha value is -2.89. The zero-order valence-electron chi connectivity index (χ0n) is 14.0. The maximum absolute atomic E-state index is 13.0. The molecule has 0 saturated carbocycles. The van der Waals surface area contributed by atoms with E-state index in [1.54, 1.807) is 17.0 Å². The summed E-state index contributed by atoms with van der Waals surface area (Å²) in [6.07, 6.45) is 0.363. The Kier molecular flexibility index (Phi) is 4.97. The molecule has 0 aliphatic carbocycles. The van der Waals surface area contributed by atoms with E-state index in [2.05, 4.69) is 10.6 Å². The van der Waals surface area contributed by atoms with Crippen molar-refractivity contribution in [3.63, 3.8) is 0 Å². The van der Waals surface area contributed by atoms with Crippen LogP contribution in [0.15, 0.2) is 48.5 Å². The molecule has 25 heavy (non-hydrogen) atoms. The second-order valence-electron chi connectivity index (χ2n) is 6.25. The van der Waals surface area contributed by atoms with Crippen molar-refractivity contribution in [3.05, 3.63) is 59.9 Å². The molecule has 0 radical (unpaired) electrons. The molecular weight excluding hydrogens is 321 g/mol. The lowest BCUT2D eigenvalue weighted by atomic mass is 10.1. The van der Waals surface area contributed by atoms with E-state index < -0.39 is 0 Å². The monoisotopic (exact) mass is 341 g/mol. The van der Waals surface area contributed by atoms with Gasteiger partial charge in [-0.15, -0.1) is 0 Å². The van der Waals surface area contributed by atoms with E-state index >= 15 is 0 Å². The van der Waals surface area contributed by atoms with Crippen molar-refractivity contribution in [1.82, 2.24) is 5.32 Å². The molecule has 5 nitrogen and oxygen atoms in total. The predicted molar refractivity (Wildman–Crippen MR) is 95.1 cm³/mol. The quantitative estimate of drug-likeness (QED) is 0.896. The van der Waals surface area contributed by atoms with Gasteiger partial charge in [0.15, 0.2) is 0 Å². The van der Waals surface area contributed by atoms with E-state index in [4.69, 9.17) is 0 Å². The summed E-state index contributed by atoms with van der Waals surface area (Å²) < 4.78 is 13.0.